The number of thioether (sulfide) groups is 1. The summed E-state index contributed by atoms with van der Waals surface area (Å²) in [6, 6.07) is 2.65. The summed E-state index contributed by atoms with van der Waals surface area (Å²) in [6.45, 7) is 1.91. The predicted octanol–water partition coefficient (Wildman–Crippen LogP) is 1.55. The fourth-order valence-corrected chi connectivity index (χ4v) is 3.47. The molecule has 1 saturated heterocycles. The quantitative estimate of drug-likeness (QED) is 0.903. The maximum absolute atomic E-state index is 12.4. The minimum Gasteiger partial charge on any atom is -0.480 e. The lowest BCUT2D eigenvalue weighted by atomic mass is 10.2. The summed E-state index contributed by atoms with van der Waals surface area (Å²) in [7, 11) is 1.73. The van der Waals surface area contributed by atoms with E-state index < -0.39 is 12.0 Å². The van der Waals surface area contributed by atoms with Crippen LogP contribution in [0.3, 0.4) is 0 Å². The van der Waals surface area contributed by atoms with Crippen LogP contribution in [-0.2, 0) is 9.59 Å². The number of carbonyl (C=O) groups is 2. The van der Waals surface area contributed by atoms with Gasteiger partial charge in [0, 0.05) is 19.0 Å². The second-order valence-corrected chi connectivity index (χ2v) is 6.56. The van der Waals surface area contributed by atoms with Crippen molar-refractivity contribution in [1.29, 1.82) is 0 Å². The van der Waals surface area contributed by atoms with E-state index in [9.17, 15) is 14.7 Å². The number of amides is 1. The van der Waals surface area contributed by atoms with E-state index in [1.54, 1.807) is 24.1 Å². The molecule has 2 atom stereocenters. The molecule has 1 amide bonds. The molecule has 0 aliphatic carbocycles. The third-order valence-electron chi connectivity index (χ3n) is 3.27. The van der Waals surface area contributed by atoms with Crippen molar-refractivity contribution in [3.8, 4) is 0 Å². The van der Waals surface area contributed by atoms with Crippen LogP contribution in [0.15, 0.2) is 18.3 Å². The van der Waals surface area contributed by atoms with Crippen LogP contribution in [0.2, 0.25) is 5.02 Å². The van der Waals surface area contributed by atoms with Crippen LogP contribution in [-0.4, -0.2) is 57.6 Å². The SMILES string of the molecule is CC1SCC(C(=O)O)N1C(=O)CN(C)c1ccc(Cl)cn1. The first-order chi connectivity index (χ1) is 9.90. The number of rotatable bonds is 4. The standard InChI is InChI=1S/C13H16ClN3O3S/c1-8-17(10(7-21-8)13(19)20)12(18)6-16(2)11-4-3-9(14)5-15-11/h3-5,8,10H,6-7H2,1-2H3,(H,19,20). The van der Waals surface area contributed by atoms with E-state index >= 15 is 0 Å². The monoisotopic (exact) mass is 329 g/mol. The zero-order valence-corrected chi connectivity index (χ0v) is 13.3. The first-order valence-electron chi connectivity index (χ1n) is 6.38. The van der Waals surface area contributed by atoms with Gasteiger partial charge in [-0.25, -0.2) is 9.78 Å². The van der Waals surface area contributed by atoms with Crippen LogP contribution in [0, 0.1) is 0 Å². The summed E-state index contributed by atoms with van der Waals surface area (Å²) in [5, 5.41) is 9.57. The highest BCUT2D eigenvalue weighted by Gasteiger charge is 2.39. The van der Waals surface area contributed by atoms with Crippen molar-refractivity contribution in [2.45, 2.75) is 18.3 Å². The van der Waals surface area contributed by atoms with Gasteiger partial charge < -0.3 is 14.9 Å². The number of carboxylic acid groups (broad SMARTS) is 1. The second-order valence-electron chi connectivity index (χ2n) is 4.78. The average Bonchev–Trinajstić information content (AvgIpc) is 2.81. The van der Waals surface area contributed by atoms with Gasteiger partial charge in [-0.1, -0.05) is 11.6 Å². The Balaban J connectivity index is 2.06. The molecule has 0 spiro atoms. The lowest BCUT2D eigenvalue weighted by Gasteiger charge is -2.27. The van der Waals surface area contributed by atoms with Gasteiger partial charge in [0.1, 0.15) is 11.9 Å². The zero-order chi connectivity index (χ0) is 15.6. The van der Waals surface area contributed by atoms with E-state index in [-0.39, 0.29) is 17.8 Å². The smallest absolute Gasteiger partial charge is 0.327 e. The maximum atomic E-state index is 12.4. The van der Waals surface area contributed by atoms with Crippen molar-refractivity contribution in [3.63, 3.8) is 0 Å². The number of aromatic nitrogens is 1. The molecule has 0 saturated carbocycles. The molecule has 8 heteroatoms. The Morgan fingerprint density at radius 3 is 2.86 bits per heavy atom. The number of likely N-dealkylation sites (N-methyl/N-ethyl adjacent to an activating group) is 1. The molecule has 1 aliphatic rings. The highest BCUT2D eigenvalue weighted by molar-refractivity contribution is 8.00. The summed E-state index contributed by atoms with van der Waals surface area (Å²) < 4.78 is 0. The van der Waals surface area contributed by atoms with E-state index in [0.29, 0.717) is 16.6 Å². The fourth-order valence-electron chi connectivity index (χ4n) is 2.17. The van der Waals surface area contributed by atoms with Gasteiger partial charge in [0.25, 0.3) is 0 Å². The van der Waals surface area contributed by atoms with Crippen LogP contribution in [0.1, 0.15) is 6.92 Å². The molecule has 6 nitrogen and oxygen atoms in total. The third-order valence-corrected chi connectivity index (χ3v) is 4.71. The molecule has 1 aromatic rings. The van der Waals surface area contributed by atoms with Crippen molar-refractivity contribution in [2.24, 2.45) is 0 Å². The van der Waals surface area contributed by atoms with Crippen molar-refractivity contribution < 1.29 is 14.7 Å². The van der Waals surface area contributed by atoms with Crippen LogP contribution >= 0.6 is 23.4 Å². The van der Waals surface area contributed by atoms with Crippen molar-refractivity contribution >= 4 is 41.1 Å². The minimum atomic E-state index is -0.965. The fraction of sp³-hybridized carbons (Fsp3) is 0.462. The van der Waals surface area contributed by atoms with Crippen molar-refractivity contribution in [3.05, 3.63) is 23.4 Å². The van der Waals surface area contributed by atoms with Crippen LogP contribution < -0.4 is 4.90 Å². The summed E-state index contributed by atoms with van der Waals surface area (Å²) in [6.07, 6.45) is 1.51. The molecule has 1 aromatic heterocycles. The van der Waals surface area contributed by atoms with Crippen molar-refractivity contribution in [2.75, 3.05) is 24.2 Å². The van der Waals surface area contributed by atoms with Gasteiger partial charge in [0.05, 0.1) is 16.9 Å². The summed E-state index contributed by atoms with van der Waals surface area (Å²) in [4.78, 5) is 30.8. The molecule has 21 heavy (non-hydrogen) atoms. The number of hydrogen-bond donors (Lipinski definition) is 1. The number of carbonyl (C=O) groups excluding carboxylic acids is 1. The number of nitrogens with zero attached hydrogens (tertiary/aromatic N) is 3. The first-order valence-corrected chi connectivity index (χ1v) is 7.81. The van der Waals surface area contributed by atoms with Crippen LogP contribution in [0.5, 0.6) is 0 Å². The van der Waals surface area contributed by atoms with Gasteiger partial charge in [0.15, 0.2) is 0 Å². The van der Waals surface area contributed by atoms with Crippen LogP contribution in [0.25, 0.3) is 0 Å². The number of anilines is 1. The first kappa shape index (κ1) is 15.9. The highest BCUT2D eigenvalue weighted by Crippen LogP contribution is 2.29. The lowest BCUT2D eigenvalue weighted by Crippen LogP contribution is -2.48. The topological polar surface area (TPSA) is 73.7 Å². The Kier molecular flexibility index (Phi) is 4.95. The van der Waals surface area contributed by atoms with Gasteiger partial charge in [-0.2, -0.15) is 0 Å². The molecule has 1 fully saturated rings. The molecule has 0 radical (unpaired) electrons. The molecule has 2 rings (SSSR count). The summed E-state index contributed by atoms with van der Waals surface area (Å²) in [5.41, 5.74) is 0. The van der Waals surface area contributed by atoms with Gasteiger partial charge in [-0.3, -0.25) is 4.79 Å². The number of pyridine rings is 1. The number of halogens is 1. The Morgan fingerprint density at radius 2 is 2.29 bits per heavy atom. The minimum absolute atomic E-state index is 0.0727. The molecule has 1 aliphatic heterocycles. The molecule has 0 aromatic carbocycles. The van der Waals surface area contributed by atoms with Crippen molar-refractivity contribution in [1.82, 2.24) is 9.88 Å². The maximum Gasteiger partial charge on any atom is 0.327 e. The summed E-state index contributed by atoms with van der Waals surface area (Å²) >= 11 is 7.24. The van der Waals surface area contributed by atoms with E-state index in [0.717, 1.165) is 0 Å². The molecule has 2 unspecified atom stereocenters. The van der Waals surface area contributed by atoms with Gasteiger partial charge in [-0.05, 0) is 19.1 Å². The Labute approximate surface area is 132 Å². The number of hydrogen-bond acceptors (Lipinski definition) is 5. The molecular formula is C13H16ClN3O3S. The predicted molar refractivity (Wildman–Crippen MR) is 82.7 cm³/mol. The molecule has 114 valence electrons. The second kappa shape index (κ2) is 6.53. The summed E-state index contributed by atoms with van der Waals surface area (Å²) in [5.74, 6) is -0.156. The van der Waals surface area contributed by atoms with Crippen LogP contribution in [0.4, 0.5) is 5.82 Å². The largest absolute Gasteiger partial charge is 0.480 e. The average molecular weight is 330 g/mol. The highest BCUT2D eigenvalue weighted by atomic mass is 35.5. The number of carboxylic acids is 1. The Bertz CT molecular complexity index is 540. The zero-order valence-electron chi connectivity index (χ0n) is 11.7. The normalized spacial score (nSPS) is 21.4. The van der Waals surface area contributed by atoms with Gasteiger partial charge in [-0.15, -0.1) is 11.8 Å². The Hall–Kier alpha value is -1.47. The van der Waals surface area contributed by atoms with E-state index in [4.69, 9.17) is 11.6 Å². The Morgan fingerprint density at radius 1 is 1.57 bits per heavy atom. The third kappa shape index (κ3) is 3.59. The molecule has 0 bridgehead atoms. The molecule has 2 heterocycles. The van der Waals surface area contributed by atoms with E-state index in [1.165, 1.54) is 22.9 Å². The van der Waals surface area contributed by atoms with Gasteiger partial charge in [0.2, 0.25) is 5.91 Å². The van der Waals surface area contributed by atoms with Gasteiger partial charge >= 0.3 is 5.97 Å². The number of aliphatic carboxylic acids is 1. The molecular weight excluding hydrogens is 314 g/mol. The van der Waals surface area contributed by atoms with E-state index in [2.05, 4.69) is 4.98 Å². The van der Waals surface area contributed by atoms with E-state index in [1.807, 2.05) is 6.92 Å². The lowest BCUT2D eigenvalue weighted by molar-refractivity contribution is -0.148. The molecule has 1 N–H and O–H groups in total.